The zero-order valence-electron chi connectivity index (χ0n) is 16.1. The Morgan fingerprint density at radius 1 is 1.00 bits per heavy atom. The van der Waals surface area contributed by atoms with Gasteiger partial charge in [-0.15, -0.1) is 11.3 Å². The molecular weight excluding hydrogens is 353 g/mol. The van der Waals surface area contributed by atoms with Crippen LogP contribution in [0.5, 0.6) is 0 Å². The van der Waals surface area contributed by atoms with Crippen LogP contribution in [-0.2, 0) is 0 Å². The molecule has 0 aliphatic heterocycles. The predicted octanol–water partition coefficient (Wildman–Crippen LogP) is 7.53. The van der Waals surface area contributed by atoms with E-state index in [1.807, 2.05) is 44.2 Å². The smallest absolute Gasteiger partial charge is 0.124 e. The molecule has 27 heavy (non-hydrogen) atoms. The van der Waals surface area contributed by atoms with Gasteiger partial charge in [-0.2, -0.15) is 0 Å². The second-order valence-corrected chi connectivity index (χ2v) is 8.07. The van der Waals surface area contributed by atoms with E-state index >= 15 is 0 Å². The van der Waals surface area contributed by atoms with Crippen molar-refractivity contribution in [3.63, 3.8) is 0 Å². The predicted molar refractivity (Wildman–Crippen MR) is 114 cm³/mol. The highest BCUT2D eigenvalue weighted by Crippen LogP contribution is 2.44. The lowest BCUT2D eigenvalue weighted by Crippen LogP contribution is -1.91. The summed E-state index contributed by atoms with van der Waals surface area (Å²) in [5, 5.41) is 4.50. The maximum absolute atomic E-state index is 13.9. The summed E-state index contributed by atoms with van der Waals surface area (Å²) < 4.78 is 24.3. The quantitative estimate of drug-likeness (QED) is 0.312. The number of hydrogen-bond acceptors (Lipinski definition) is 2. The normalized spacial score (nSPS) is 12.8. The second kappa shape index (κ2) is 6.14. The van der Waals surface area contributed by atoms with Crippen LogP contribution in [0.1, 0.15) is 26.7 Å². The van der Waals surface area contributed by atoms with Gasteiger partial charge in [-0.3, -0.25) is 4.98 Å². The Morgan fingerprint density at radius 2 is 1.85 bits per heavy atom. The molecule has 2 aromatic heterocycles. The zero-order valence-corrected chi connectivity index (χ0v) is 15.9. The molecular formula is C24H18FNS. The van der Waals surface area contributed by atoms with Gasteiger partial charge in [-0.1, -0.05) is 38.1 Å². The van der Waals surface area contributed by atoms with Crippen LogP contribution in [0.2, 0.25) is 0 Å². The van der Waals surface area contributed by atoms with Gasteiger partial charge in [0.25, 0.3) is 0 Å². The van der Waals surface area contributed by atoms with Gasteiger partial charge >= 0.3 is 0 Å². The van der Waals surface area contributed by atoms with Gasteiger partial charge in [0.05, 0.1) is 5.69 Å². The number of thiophene rings is 1. The molecule has 2 heterocycles. The number of hydrogen-bond donors (Lipinski definition) is 0. The Hall–Kier alpha value is -2.78. The highest BCUT2D eigenvalue weighted by atomic mass is 32.1. The van der Waals surface area contributed by atoms with Crippen LogP contribution in [0.3, 0.4) is 0 Å². The molecule has 5 rings (SSSR count). The lowest BCUT2D eigenvalue weighted by Gasteiger charge is -2.10. The highest BCUT2D eigenvalue weighted by molar-refractivity contribution is 7.26. The van der Waals surface area contributed by atoms with E-state index in [1.165, 1.54) is 6.07 Å². The Kier molecular flexibility index (Phi) is 3.48. The van der Waals surface area contributed by atoms with Crippen LogP contribution in [0, 0.1) is 5.82 Å². The molecule has 0 amide bonds. The third-order valence-electron chi connectivity index (χ3n) is 5.04. The minimum Gasteiger partial charge on any atom is -0.256 e. The minimum absolute atomic E-state index is 0.221. The molecule has 3 heteroatoms. The molecule has 0 radical (unpaired) electrons. The van der Waals surface area contributed by atoms with E-state index < -0.39 is 5.89 Å². The van der Waals surface area contributed by atoms with Crippen LogP contribution >= 0.6 is 11.3 Å². The molecule has 0 aliphatic carbocycles. The van der Waals surface area contributed by atoms with E-state index in [0.717, 1.165) is 47.8 Å². The molecule has 0 N–H and O–H groups in total. The Labute approximate surface area is 162 Å². The first kappa shape index (κ1) is 15.3. The first-order chi connectivity index (χ1) is 13.4. The summed E-state index contributed by atoms with van der Waals surface area (Å²) >= 11 is 1.60. The number of benzene rings is 3. The molecule has 0 unspecified atom stereocenters. The van der Waals surface area contributed by atoms with Gasteiger partial charge < -0.3 is 0 Å². The zero-order chi connectivity index (χ0) is 19.5. The van der Waals surface area contributed by atoms with Crippen molar-refractivity contribution in [3.05, 3.63) is 78.2 Å². The van der Waals surface area contributed by atoms with Gasteiger partial charge in [-0.05, 0) is 58.6 Å². The summed E-state index contributed by atoms with van der Waals surface area (Å²) in [4.78, 5) is 4.62. The summed E-state index contributed by atoms with van der Waals surface area (Å²) in [6.45, 7) is 3.76. The second-order valence-electron chi connectivity index (χ2n) is 7.02. The number of aromatic nitrogens is 1. The lowest BCUT2D eigenvalue weighted by molar-refractivity contribution is 0.630. The Morgan fingerprint density at radius 3 is 2.70 bits per heavy atom. The number of pyridine rings is 1. The maximum atomic E-state index is 13.9. The van der Waals surface area contributed by atoms with Crippen LogP contribution in [0.25, 0.3) is 42.2 Å². The van der Waals surface area contributed by atoms with Gasteiger partial charge in [0, 0.05) is 33.3 Å². The summed E-state index contributed by atoms with van der Waals surface area (Å²) in [6, 6.07) is 19.3. The van der Waals surface area contributed by atoms with Gasteiger partial charge in [0.1, 0.15) is 5.82 Å². The summed E-state index contributed by atoms with van der Waals surface area (Å²) in [6.07, 6.45) is 1.77. The molecule has 0 aliphatic rings. The molecule has 132 valence electrons. The Balaban J connectivity index is 1.92. The fraction of sp³-hybridized carbons (Fsp3) is 0.125. The van der Waals surface area contributed by atoms with E-state index in [4.69, 9.17) is 1.37 Å². The average molecular weight is 372 g/mol. The monoisotopic (exact) mass is 372 g/mol. The minimum atomic E-state index is -0.697. The van der Waals surface area contributed by atoms with Gasteiger partial charge in [-0.25, -0.2) is 4.39 Å². The topological polar surface area (TPSA) is 12.9 Å². The molecule has 0 bridgehead atoms. The standard InChI is InChI=1S/C24H18FNS/c1-14(2)15-9-10-26-21(12-15)20-11-16-5-3-4-6-18(16)23-19-8-7-17(25)13-22(19)27-24(20)23/h3-14H,1-2H3/i14D. The fourth-order valence-electron chi connectivity index (χ4n) is 3.68. The van der Waals surface area contributed by atoms with Crippen molar-refractivity contribution in [2.75, 3.05) is 0 Å². The summed E-state index contributed by atoms with van der Waals surface area (Å²) in [5.41, 5.74) is 2.80. The lowest BCUT2D eigenvalue weighted by atomic mass is 9.97. The van der Waals surface area contributed by atoms with Crippen LogP contribution in [0.4, 0.5) is 4.39 Å². The van der Waals surface area contributed by atoms with E-state index in [1.54, 1.807) is 23.6 Å². The van der Waals surface area contributed by atoms with E-state index in [-0.39, 0.29) is 5.82 Å². The van der Waals surface area contributed by atoms with Crippen molar-refractivity contribution in [1.29, 1.82) is 0 Å². The molecule has 0 spiro atoms. The van der Waals surface area contributed by atoms with Gasteiger partial charge in [0.15, 0.2) is 0 Å². The number of halogens is 1. The molecule has 0 fully saturated rings. The van der Waals surface area contributed by atoms with E-state index in [2.05, 4.69) is 23.2 Å². The SMILES string of the molecule is [2H]C(C)(C)c1ccnc(-c2cc3ccccc3c3c2sc2cc(F)ccc23)c1. The van der Waals surface area contributed by atoms with Crippen molar-refractivity contribution < 1.29 is 5.76 Å². The maximum Gasteiger partial charge on any atom is 0.124 e. The summed E-state index contributed by atoms with van der Waals surface area (Å²) in [7, 11) is 0. The number of nitrogens with zero attached hydrogens (tertiary/aromatic N) is 1. The third-order valence-corrected chi connectivity index (χ3v) is 6.23. The largest absolute Gasteiger partial charge is 0.256 e. The molecule has 5 aromatic rings. The van der Waals surface area contributed by atoms with Crippen LogP contribution < -0.4 is 0 Å². The molecule has 0 saturated carbocycles. The van der Waals surface area contributed by atoms with Crippen molar-refractivity contribution >= 4 is 42.3 Å². The average Bonchev–Trinajstić information content (AvgIpc) is 3.05. The number of fused-ring (bicyclic) bond motifs is 5. The van der Waals surface area contributed by atoms with Crippen LogP contribution in [-0.4, -0.2) is 4.98 Å². The fourth-order valence-corrected chi connectivity index (χ4v) is 4.95. The first-order valence-electron chi connectivity index (χ1n) is 9.42. The van der Waals surface area contributed by atoms with E-state index in [9.17, 15) is 4.39 Å². The van der Waals surface area contributed by atoms with Crippen LogP contribution in [0.15, 0.2) is 66.9 Å². The molecule has 1 nitrogen and oxygen atoms in total. The Bertz CT molecular complexity index is 1360. The van der Waals surface area contributed by atoms with Crippen molar-refractivity contribution in [1.82, 2.24) is 4.98 Å². The highest BCUT2D eigenvalue weighted by Gasteiger charge is 2.16. The van der Waals surface area contributed by atoms with Gasteiger partial charge in [0.2, 0.25) is 0 Å². The summed E-state index contributed by atoms with van der Waals surface area (Å²) in [5.74, 6) is -0.919. The molecule has 3 aromatic carbocycles. The van der Waals surface area contributed by atoms with E-state index in [0.29, 0.717) is 0 Å². The van der Waals surface area contributed by atoms with Crippen molar-refractivity contribution in [2.45, 2.75) is 19.7 Å². The third kappa shape index (κ3) is 2.62. The molecule has 0 saturated heterocycles. The van der Waals surface area contributed by atoms with Crippen molar-refractivity contribution in [3.8, 4) is 11.3 Å². The van der Waals surface area contributed by atoms with Crippen molar-refractivity contribution in [2.24, 2.45) is 0 Å². The number of rotatable bonds is 2. The first-order valence-corrected chi connectivity index (χ1v) is 9.74. The molecule has 0 atom stereocenters.